The molecule has 0 atom stereocenters. The van der Waals surface area contributed by atoms with Gasteiger partial charge >= 0.3 is 0 Å². The lowest BCUT2D eigenvalue weighted by atomic mass is 9.96. The predicted octanol–water partition coefficient (Wildman–Crippen LogP) is 1.06. The van der Waals surface area contributed by atoms with Crippen molar-refractivity contribution in [1.82, 2.24) is 25.0 Å². The highest BCUT2D eigenvalue weighted by molar-refractivity contribution is 5.92. The monoisotopic (exact) mass is 285 g/mol. The Labute approximate surface area is 123 Å². The molecule has 3 heterocycles. The number of pyridine rings is 1. The second kappa shape index (κ2) is 5.65. The highest BCUT2D eigenvalue weighted by atomic mass is 16.2. The van der Waals surface area contributed by atoms with Gasteiger partial charge in [0.05, 0.1) is 0 Å². The van der Waals surface area contributed by atoms with Gasteiger partial charge in [-0.25, -0.2) is 0 Å². The highest BCUT2D eigenvalue weighted by Gasteiger charge is 2.24. The molecular weight excluding hydrogens is 266 g/mol. The minimum atomic E-state index is -0.00355. The lowest BCUT2D eigenvalue weighted by Gasteiger charge is -2.30. The zero-order chi connectivity index (χ0) is 14.8. The Bertz CT molecular complexity index is 636. The van der Waals surface area contributed by atoms with Gasteiger partial charge in [-0.05, 0) is 43.3 Å². The zero-order valence-electron chi connectivity index (χ0n) is 12.3. The molecule has 6 heteroatoms. The number of aromatic nitrogens is 3. The number of hydrogen-bond donors (Lipinski definition) is 1. The molecule has 6 nitrogen and oxygen atoms in total. The van der Waals surface area contributed by atoms with Crippen molar-refractivity contribution in [1.29, 1.82) is 0 Å². The molecule has 0 unspecified atom stereocenters. The first kappa shape index (κ1) is 13.8. The Balaban J connectivity index is 1.81. The van der Waals surface area contributed by atoms with Crippen molar-refractivity contribution in [3.63, 3.8) is 0 Å². The van der Waals surface area contributed by atoms with Gasteiger partial charge < -0.3 is 9.80 Å². The fourth-order valence-corrected chi connectivity index (χ4v) is 2.76. The molecule has 1 aliphatic rings. The normalized spacial score (nSPS) is 14.3. The maximum Gasteiger partial charge on any atom is 0.272 e. The van der Waals surface area contributed by atoms with Gasteiger partial charge in [0.15, 0.2) is 0 Å². The van der Waals surface area contributed by atoms with E-state index in [9.17, 15) is 4.79 Å². The van der Waals surface area contributed by atoms with E-state index in [0.29, 0.717) is 12.2 Å². The first-order chi connectivity index (χ1) is 10.1. The van der Waals surface area contributed by atoms with Crippen molar-refractivity contribution >= 4 is 5.91 Å². The van der Waals surface area contributed by atoms with Gasteiger partial charge in [0, 0.05) is 38.2 Å². The van der Waals surface area contributed by atoms with Crippen LogP contribution in [0.25, 0.3) is 0 Å². The van der Waals surface area contributed by atoms with E-state index in [2.05, 4.69) is 34.2 Å². The molecule has 0 fully saturated rings. The molecule has 2 aromatic heterocycles. The summed E-state index contributed by atoms with van der Waals surface area (Å²) in [4.78, 5) is 20.7. The van der Waals surface area contributed by atoms with Crippen molar-refractivity contribution in [3.05, 3.63) is 47.0 Å². The standard InChI is InChI=1S/C15H19N5O/c1-19(2)9-11-7-16-8-12-10-20(6-4-13(11)12)15(21)14-3-5-17-18-14/h3,5,7-8H,4,6,9-10H2,1-2H3,(H,17,18). The molecule has 0 saturated heterocycles. The van der Waals surface area contributed by atoms with Crippen LogP contribution < -0.4 is 0 Å². The van der Waals surface area contributed by atoms with Crippen molar-refractivity contribution in [2.75, 3.05) is 20.6 Å². The van der Waals surface area contributed by atoms with Crippen LogP contribution in [-0.2, 0) is 19.5 Å². The third-order valence-electron chi connectivity index (χ3n) is 3.73. The summed E-state index contributed by atoms with van der Waals surface area (Å²) in [6.45, 7) is 2.22. The summed E-state index contributed by atoms with van der Waals surface area (Å²) in [5.41, 5.74) is 4.28. The van der Waals surface area contributed by atoms with Gasteiger partial charge in [0.1, 0.15) is 5.69 Å². The molecule has 1 N–H and O–H groups in total. The van der Waals surface area contributed by atoms with E-state index in [1.165, 1.54) is 11.1 Å². The fraction of sp³-hybridized carbons (Fsp3) is 0.400. The molecule has 2 aromatic rings. The van der Waals surface area contributed by atoms with Crippen molar-refractivity contribution < 1.29 is 4.79 Å². The summed E-state index contributed by atoms with van der Waals surface area (Å²) in [7, 11) is 4.10. The van der Waals surface area contributed by atoms with Gasteiger partial charge in [-0.1, -0.05) is 0 Å². The molecule has 1 aliphatic heterocycles. The molecule has 0 radical (unpaired) electrons. The maximum atomic E-state index is 12.4. The molecular formula is C15H19N5O. The van der Waals surface area contributed by atoms with Crippen LogP contribution in [-0.4, -0.2) is 51.5 Å². The fourth-order valence-electron chi connectivity index (χ4n) is 2.76. The summed E-state index contributed by atoms with van der Waals surface area (Å²) < 4.78 is 0. The summed E-state index contributed by atoms with van der Waals surface area (Å²) in [5, 5.41) is 6.57. The van der Waals surface area contributed by atoms with E-state index in [1.807, 2.05) is 17.3 Å². The van der Waals surface area contributed by atoms with E-state index < -0.39 is 0 Å². The molecule has 21 heavy (non-hydrogen) atoms. The third-order valence-corrected chi connectivity index (χ3v) is 3.73. The van der Waals surface area contributed by atoms with Crippen LogP contribution in [0.3, 0.4) is 0 Å². The molecule has 110 valence electrons. The largest absolute Gasteiger partial charge is 0.333 e. The first-order valence-electron chi connectivity index (χ1n) is 7.03. The summed E-state index contributed by atoms with van der Waals surface area (Å²) in [6, 6.07) is 1.71. The Morgan fingerprint density at radius 2 is 2.29 bits per heavy atom. The molecule has 0 spiro atoms. The number of nitrogens with one attached hydrogen (secondary N) is 1. The second-order valence-corrected chi connectivity index (χ2v) is 5.62. The average molecular weight is 285 g/mol. The Kier molecular flexibility index (Phi) is 3.70. The number of nitrogens with zero attached hydrogens (tertiary/aromatic N) is 4. The predicted molar refractivity (Wildman–Crippen MR) is 78.7 cm³/mol. The molecule has 0 aromatic carbocycles. The lowest BCUT2D eigenvalue weighted by Crippen LogP contribution is -2.36. The van der Waals surface area contributed by atoms with Crippen LogP contribution in [0.15, 0.2) is 24.7 Å². The number of carbonyl (C=O) groups is 1. The molecule has 0 bridgehead atoms. The minimum absolute atomic E-state index is 0.00355. The van der Waals surface area contributed by atoms with Crippen LogP contribution in [0.5, 0.6) is 0 Å². The van der Waals surface area contributed by atoms with Crippen LogP contribution in [0.2, 0.25) is 0 Å². The molecule has 3 rings (SSSR count). The quantitative estimate of drug-likeness (QED) is 0.916. The Morgan fingerprint density at radius 1 is 1.43 bits per heavy atom. The lowest BCUT2D eigenvalue weighted by molar-refractivity contribution is 0.0728. The SMILES string of the molecule is CN(C)Cc1cncc2c1CCN(C(=O)c1ccn[nH]1)C2. The average Bonchev–Trinajstić information content (AvgIpc) is 3.00. The van der Waals surface area contributed by atoms with Gasteiger partial charge in [-0.2, -0.15) is 5.10 Å². The summed E-state index contributed by atoms with van der Waals surface area (Å²) in [6.07, 6.45) is 6.29. The maximum absolute atomic E-state index is 12.4. The van der Waals surface area contributed by atoms with Gasteiger partial charge in [0.25, 0.3) is 5.91 Å². The molecule has 0 aliphatic carbocycles. The van der Waals surface area contributed by atoms with Crippen LogP contribution in [0.1, 0.15) is 27.2 Å². The number of fused-ring (bicyclic) bond motifs is 1. The number of aromatic amines is 1. The Morgan fingerprint density at radius 3 is 3.00 bits per heavy atom. The smallest absolute Gasteiger partial charge is 0.272 e. The van der Waals surface area contributed by atoms with Crippen molar-refractivity contribution in [3.8, 4) is 0 Å². The van der Waals surface area contributed by atoms with E-state index in [0.717, 1.165) is 25.1 Å². The van der Waals surface area contributed by atoms with E-state index in [1.54, 1.807) is 12.3 Å². The van der Waals surface area contributed by atoms with Crippen LogP contribution in [0, 0.1) is 0 Å². The minimum Gasteiger partial charge on any atom is -0.333 e. The topological polar surface area (TPSA) is 65.1 Å². The summed E-state index contributed by atoms with van der Waals surface area (Å²) >= 11 is 0. The molecule has 0 saturated carbocycles. The number of H-pyrrole nitrogens is 1. The number of amides is 1. The van der Waals surface area contributed by atoms with Crippen LogP contribution >= 0.6 is 0 Å². The number of hydrogen-bond acceptors (Lipinski definition) is 4. The van der Waals surface area contributed by atoms with E-state index in [4.69, 9.17) is 0 Å². The van der Waals surface area contributed by atoms with Crippen LogP contribution in [0.4, 0.5) is 0 Å². The number of rotatable bonds is 3. The zero-order valence-corrected chi connectivity index (χ0v) is 12.3. The van der Waals surface area contributed by atoms with E-state index in [-0.39, 0.29) is 5.91 Å². The van der Waals surface area contributed by atoms with E-state index >= 15 is 0 Å². The summed E-state index contributed by atoms with van der Waals surface area (Å²) in [5.74, 6) is -0.00355. The number of carbonyl (C=O) groups excluding carboxylic acids is 1. The molecule has 1 amide bonds. The van der Waals surface area contributed by atoms with Gasteiger partial charge in [-0.15, -0.1) is 0 Å². The third kappa shape index (κ3) is 2.80. The first-order valence-corrected chi connectivity index (χ1v) is 7.03. The van der Waals surface area contributed by atoms with Crippen molar-refractivity contribution in [2.24, 2.45) is 0 Å². The van der Waals surface area contributed by atoms with Gasteiger partial charge in [0.2, 0.25) is 0 Å². The Hall–Kier alpha value is -2.21. The van der Waals surface area contributed by atoms with Gasteiger partial charge in [-0.3, -0.25) is 14.9 Å². The highest BCUT2D eigenvalue weighted by Crippen LogP contribution is 2.23. The second-order valence-electron chi connectivity index (χ2n) is 5.62. The van der Waals surface area contributed by atoms with Crippen molar-refractivity contribution in [2.45, 2.75) is 19.5 Å².